The topological polar surface area (TPSA) is 18.5 Å². The van der Waals surface area contributed by atoms with Gasteiger partial charge in [0.2, 0.25) is 0 Å². The Bertz CT molecular complexity index is 152. The van der Waals surface area contributed by atoms with Crippen molar-refractivity contribution >= 4 is 0 Å². The molecule has 2 fully saturated rings. The molecular weight excluding hydrogens is 128 g/mol. The lowest BCUT2D eigenvalue weighted by Gasteiger charge is -2.28. The minimum absolute atomic E-state index is 0.0162. The maximum absolute atomic E-state index is 5.25. The SMILES string of the molecule is CC12CCC(OO1)C2(C)C. The van der Waals surface area contributed by atoms with Gasteiger partial charge in [-0.2, -0.15) is 0 Å². The van der Waals surface area contributed by atoms with Gasteiger partial charge < -0.3 is 0 Å². The van der Waals surface area contributed by atoms with Gasteiger partial charge in [0, 0.05) is 5.41 Å². The minimum atomic E-state index is -0.0162. The van der Waals surface area contributed by atoms with E-state index in [1.165, 1.54) is 0 Å². The molecule has 10 heavy (non-hydrogen) atoms. The summed E-state index contributed by atoms with van der Waals surface area (Å²) in [5.41, 5.74) is 0.199. The molecule has 0 aromatic carbocycles. The van der Waals surface area contributed by atoms with Gasteiger partial charge in [-0.1, -0.05) is 13.8 Å². The molecule has 2 aliphatic rings. The van der Waals surface area contributed by atoms with Crippen LogP contribution in [0.3, 0.4) is 0 Å². The molecule has 0 aromatic heterocycles. The van der Waals surface area contributed by atoms with Crippen LogP contribution in [-0.4, -0.2) is 11.7 Å². The van der Waals surface area contributed by atoms with Crippen molar-refractivity contribution < 1.29 is 9.78 Å². The molecule has 2 nitrogen and oxygen atoms in total. The number of fused-ring (bicyclic) bond motifs is 2. The van der Waals surface area contributed by atoms with Gasteiger partial charge in [0.25, 0.3) is 0 Å². The Labute approximate surface area is 61.4 Å². The quantitative estimate of drug-likeness (QED) is 0.481. The van der Waals surface area contributed by atoms with Crippen LogP contribution in [0.4, 0.5) is 0 Å². The third-order valence-electron chi connectivity index (χ3n) is 3.40. The summed E-state index contributed by atoms with van der Waals surface area (Å²) in [4.78, 5) is 10.4. The maximum atomic E-state index is 5.25. The molecule has 1 heterocycles. The summed E-state index contributed by atoms with van der Waals surface area (Å²) in [6.07, 6.45) is 2.63. The van der Waals surface area contributed by atoms with Crippen LogP contribution < -0.4 is 0 Å². The Hall–Kier alpha value is -0.0800. The first-order chi connectivity index (χ1) is 4.56. The van der Waals surface area contributed by atoms with Gasteiger partial charge in [-0.15, -0.1) is 0 Å². The summed E-state index contributed by atoms with van der Waals surface area (Å²) >= 11 is 0. The zero-order valence-corrected chi connectivity index (χ0v) is 6.81. The van der Waals surface area contributed by atoms with Crippen molar-refractivity contribution in [2.45, 2.75) is 45.3 Å². The normalized spacial score (nSPS) is 50.1. The van der Waals surface area contributed by atoms with Gasteiger partial charge in [0.05, 0.1) is 0 Å². The molecule has 0 N–H and O–H groups in total. The van der Waals surface area contributed by atoms with Gasteiger partial charge in [-0.3, -0.25) is 0 Å². The zero-order chi connectivity index (χ0) is 7.41. The van der Waals surface area contributed by atoms with E-state index < -0.39 is 0 Å². The van der Waals surface area contributed by atoms with Crippen molar-refractivity contribution in [3.05, 3.63) is 0 Å². The van der Waals surface area contributed by atoms with E-state index in [2.05, 4.69) is 20.8 Å². The Kier molecular flexibility index (Phi) is 1.03. The number of hydrogen-bond donors (Lipinski definition) is 0. The Morgan fingerprint density at radius 3 is 2.10 bits per heavy atom. The van der Waals surface area contributed by atoms with Gasteiger partial charge in [-0.05, 0) is 19.8 Å². The van der Waals surface area contributed by atoms with Gasteiger partial charge in [-0.25, -0.2) is 9.78 Å². The highest BCUT2D eigenvalue weighted by Crippen LogP contribution is 2.54. The van der Waals surface area contributed by atoms with E-state index in [0.717, 1.165) is 12.8 Å². The lowest BCUT2D eigenvalue weighted by molar-refractivity contribution is -0.343. The molecule has 2 heteroatoms. The van der Waals surface area contributed by atoms with Crippen molar-refractivity contribution in [3.8, 4) is 0 Å². The minimum Gasteiger partial charge on any atom is -0.232 e. The first-order valence-electron chi connectivity index (χ1n) is 3.91. The monoisotopic (exact) mass is 142 g/mol. The first-order valence-corrected chi connectivity index (χ1v) is 3.91. The second-order valence-electron chi connectivity index (χ2n) is 4.16. The fourth-order valence-electron chi connectivity index (χ4n) is 1.91. The molecule has 58 valence electrons. The van der Waals surface area contributed by atoms with Crippen LogP contribution in [-0.2, 0) is 9.78 Å². The molecule has 0 amide bonds. The lowest BCUT2D eigenvalue weighted by atomic mass is 9.78. The van der Waals surface area contributed by atoms with Crippen LogP contribution in [0.15, 0.2) is 0 Å². The summed E-state index contributed by atoms with van der Waals surface area (Å²) in [6, 6.07) is 0. The standard InChI is InChI=1S/C8H14O2/c1-7(2)6-4-5-8(7,3)10-9-6/h6H,4-5H2,1-3H3. The predicted molar refractivity (Wildman–Crippen MR) is 37.4 cm³/mol. The molecular formula is C8H14O2. The van der Waals surface area contributed by atoms with Crippen molar-refractivity contribution in [3.63, 3.8) is 0 Å². The molecule has 2 rings (SSSR count). The molecule has 0 aromatic rings. The summed E-state index contributed by atoms with van der Waals surface area (Å²) < 4.78 is 0. The smallest absolute Gasteiger partial charge is 0.108 e. The predicted octanol–water partition coefficient (Wildman–Crippen LogP) is 1.90. The van der Waals surface area contributed by atoms with Crippen molar-refractivity contribution in [2.75, 3.05) is 0 Å². The molecule has 0 radical (unpaired) electrons. The highest BCUT2D eigenvalue weighted by Gasteiger charge is 2.60. The van der Waals surface area contributed by atoms with Gasteiger partial charge in [0.15, 0.2) is 0 Å². The van der Waals surface area contributed by atoms with Crippen LogP contribution in [0.5, 0.6) is 0 Å². The lowest BCUT2D eigenvalue weighted by Crippen LogP contribution is -2.36. The van der Waals surface area contributed by atoms with E-state index in [4.69, 9.17) is 9.78 Å². The Balaban J connectivity index is 2.37. The molecule has 2 atom stereocenters. The first kappa shape index (κ1) is 6.62. The largest absolute Gasteiger partial charge is 0.232 e. The van der Waals surface area contributed by atoms with E-state index in [1.54, 1.807) is 0 Å². The van der Waals surface area contributed by atoms with Crippen LogP contribution in [0.1, 0.15) is 33.6 Å². The third kappa shape index (κ3) is 0.523. The van der Waals surface area contributed by atoms with E-state index >= 15 is 0 Å². The van der Waals surface area contributed by atoms with Gasteiger partial charge in [0.1, 0.15) is 11.7 Å². The fourth-order valence-corrected chi connectivity index (χ4v) is 1.91. The second-order valence-corrected chi connectivity index (χ2v) is 4.16. The van der Waals surface area contributed by atoms with E-state index in [0.29, 0.717) is 6.10 Å². The van der Waals surface area contributed by atoms with Crippen LogP contribution in [0.25, 0.3) is 0 Å². The van der Waals surface area contributed by atoms with Crippen LogP contribution >= 0.6 is 0 Å². The Morgan fingerprint density at radius 1 is 1.30 bits per heavy atom. The van der Waals surface area contributed by atoms with Crippen molar-refractivity contribution in [1.29, 1.82) is 0 Å². The van der Waals surface area contributed by atoms with Crippen molar-refractivity contribution in [2.24, 2.45) is 5.41 Å². The summed E-state index contributed by atoms with van der Waals surface area (Å²) in [5.74, 6) is 0. The molecule has 1 aliphatic carbocycles. The summed E-state index contributed by atoms with van der Waals surface area (Å²) in [7, 11) is 0. The van der Waals surface area contributed by atoms with E-state index in [9.17, 15) is 0 Å². The maximum Gasteiger partial charge on any atom is 0.108 e. The van der Waals surface area contributed by atoms with Gasteiger partial charge >= 0.3 is 0 Å². The average molecular weight is 142 g/mol. The molecule has 2 bridgehead atoms. The third-order valence-corrected chi connectivity index (χ3v) is 3.40. The summed E-state index contributed by atoms with van der Waals surface area (Å²) in [6.45, 7) is 6.58. The summed E-state index contributed by atoms with van der Waals surface area (Å²) in [5, 5.41) is 0. The Morgan fingerprint density at radius 2 is 2.00 bits per heavy atom. The molecule has 0 spiro atoms. The molecule has 1 saturated carbocycles. The highest BCUT2D eigenvalue weighted by atomic mass is 17.2. The van der Waals surface area contributed by atoms with Crippen molar-refractivity contribution in [1.82, 2.24) is 0 Å². The second kappa shape index (κ2) is 1.56. The number of hydrogen-bond acceptors (Lipinski definition) is 2. The average Bonchev–Trinajstić information content (AvgIpc) is 2.18. The van der Waals surface area contributed by atoms with Crippen LogP contribution in [0.2, 0.25) is 0 Å². The van der Waals surface area contributed by atoms with E-state index in [-0.39, 0.29) is 11.0 Å². The number of rotatable bonds is 0. The van der Waals surface area contributed by atoms with E-state index in [1.807, 2.05) is 0 Å². The molecule has 2 unspecified atom stereocenters. The zero-order valence-electron chi connectivity index (χ0n) is 6.81. The fraction of sp³-hybridized carbons (Fsp3) is 1.00. The highest BCUT2D eigenvalue weighted by molar-refractivity contribution is 5.05. The molecule has 1 aliphatic heterocycles. The van der Waals surface area contributed by atoms with Crippen LogP contribution in [0, 0.1) is 5.41 Å². The molecule has 1 saturated heterocycles.